The minimum atomic E-state index is -1.28. The third kappa shape index (κ3) is 4.50. The van der Waals surface area contributed by atoms with Gasteiger partial charge in [-0.1, -0.05) is 12.1 Å². The van der Waals surface area contributed by atoms with E-state index < -0.39 is 31.0 Å². The van der Waals surface area contributed by atoms with Crippen molar-refractivity contribution in [3.05, 3.63) is 29.3 Å². The lowest BCUT2D eigenvalue weighted by Gasteiger charge is -2.20. The smallest absolute Gasteiger partial charge is 0.323 e. The first-order chi connectivity index (χ1) is 9.85. The molecule has 8 heteroatoms. The predicted molar refractivity (Wildman–Crippen MR) is 73.3 cm³/mol. The van der Waals surface area contributed by atoms with Crippen LogP contribution in [0, 0.1) is 18.3 Å². The first kappa shape index (κ1) is 16.0. The largest absolute Gasteiger partial charge is 0.480 e. The summed E-state index contributed by atoms with van der Waals surface area (Å²) in [5.74, 6) is -2.12. The van der Waals surface area contributed by atoms with Crippen LogP contribution in [0.3, 0.4) is 0 Å². The van der Waals surface area contributed by atoms with Crippen LogP contribution in [-0.2, 0) is 9.59 Å². The van der Waals surface area contributed by atoms with Crippen LogP contribution in [0.1, 0.15) is 11.1 Å². The Hall–Kier alpha value is -3.08. The number of carboxylic acid groups (broad SMARTS) is 1. The van der Waals surface area contributed by atoms with Gasteiger partial charge in [-0.05, 0) is 18.6 Å². The normalized spacial score (nSPS) is 9.52. The van der Waals surface area contributed by atoms with Crippen molar-refractivity contribution in [2.45, 2.75) is 6.92 Å². The van der Waals surface area contributed by atoms with Gasteiger partial charge in [-0.15, -0.1) is 0 Å². The SMILES string of the molecule is Cc1cccc(NC(=O)N(CC(N)=O)CC(=O)O)c1C#N. The quantitative estimate of drug-likeness (QED) is 0.714. The summed E-state index contributed by atoms with van der Waals surface area (Å²) in [6, 6.07) is 5.98. The second kappa shape index (κ2) is 6.91. The second-order valence-electron chi connectivity index (χ2n) is 4.26. The van der Waals surface area contributed by atoms with Crippen LogP contribution in [0.15, 0.2) is 18.2 Å². The number of anilines is 1. The van der Waals surface area contributed by atoms with Gasteiger partial charge >= 0.3 is 12.0 Å². The van der Waals surface area contributed by atoms with Crippen LogP contribution >= 0.6 is 0 Å². The van der Waals surface area contributed by atoms with E-state index in [0.29, 0.717) is 5.56 Å². The first-order valence-corrected chi connectivity index (χ1v) is 5.91. The van der Waals surface area contributed by atoms with Crippen molar-refractivity contribution >= 4 is 23.6 Å². The van der Waals surface area contributed by atoms with Crippen molar-refractivity contribution in [3.8, 4) is 6.07 Å². The van der Waals surface area contributed by atoms with E-state index in [1.165, 1.54) is 6.07 Å². The van der Waals surface area contributed by atoms with Crippen LogP contribution in [0.2, 0.25) is 0 Å². The maximum Gasteiger partial charge on any atom is 0.323 e. The van der Waals surface area contributed by atoms with E-state index >= 15 is 0 Å². The minimum absolute atomic E-state index is 0.238. The van der Waals surface area contributed by atoms with E-state index in [4.69, 9.17) is 16.1 Å². The van der Waals surface area contributed by atoms with Crippen LogP contribution < -0.4 is 11.1 Å². The van der Waals surface area contributed by atoms with Gasteiger partial charge in [0.25, 0.3) is 0 Å². The Kier molecular flexibility index (Phi) is 5.25. The molecule has 21 heavy (non-hydrogen) atoms. The number of amides is 3. The van der Waals surface area contributed by atoms with Gasteiger partial charge < -0.3 is 21.1 Å². The van der Waals surface area contributed by atoms with Gasteiger partial charge in [-0.3, -0.25) is 9.59 Å². The molecule has 0 spiro atoms. The molecule has 8 nitrogen and oxygen atoms in total. The number of hydrogen-bond donors (Lipinski definition) is 3. The zero-order valence-corrected chi connectivity index (χ0v) is 11.3. The highest BCUT2D eigenvalue weighted by atomic mass is 16.4. The number of carbonyl (C=O) groups excluding carboxylic acids is 2. The lowest BCUT2D eigenvalue weighted by Crippen LogP contribution is -2.43. The third-order valence-electron chi connectivity index (χ3n) is 2.59. The molecule has 0 saturated carbocycles. The van der Waals surface area contributed by atoms with Gasteiger partial charge in [0.15, 0.2) is 0 Å². The van der Waals surface area contributed by atoms with E-state index in [0.717, 1.165) is 4.90 Å². The molecule has 0 saturated heterocycles. The highest BCUT2D eigenvalue weighted by Crippen LogP contribution is 2.18. The molecule has 1 aromatic rings. The van der Waals surface area contributed by atoms with E-state index in [1.807, 2.05) is 6.07 Å². The van der Waals surface area contributed by atoms with Crippen LogP contribution in [-0.4, -0.2) is 41.0 Å². The lowest BCUT2D eigenvalue weighted by molar-refractivity contribution is -0.137. The summed E-state index contributed by atoms with van der Waals surface area (Å²) in [5, 5.41) is 20.2. The highest BCUT2D eigenvalue weighted by molar-refractivity contribution is 5.95. The van der Waals surface area contributed by atoms with Crippen molar-refractivity contribution < 1.29 is 19.5 Å². The fourth-order valence-corrected chi connectivity index (χ4v) is 1.67. The highest BCUT2D eigenvalue weighted by Gasteiger charge is 2.20. The Morgan fingerprint density at radius 1 is 1.38 bits per heavy atom. The maximum absolute atomic E-state index is 12.0. The van der Waals surface area contributed by atoms with Gasteiger partial charge in [0.2, 0.25) is 5.91 Å². The van der Waals surface area contributed by atoms with Crippen LogP contribution in [0.25, 0.3) is 0 Å². The topological polar surface area (TPSA) is 137 Å². The average Bonchev–Trinajstić information content (AvgIpc) is 2.37. The number of hydrogen-bond acceptors (Lipinski definition) is 4. The number of primary amides is 1. The molecule has 1 rings (SSSR count). The molecular weight excluding hydrogens is 276 g/mol. The van der Waals surface area contributed by atoms with Crippen molar-refractivity contribution in [2.24, 2.45) is 5.73 Å². The Labute approximate surface area is 120 Å². The van der Waals surface area contributed by atoms with E-state index in [-0.39, 0.29) is 11.3 Å². The van der Waals surface area contributed by atoms with Gasteiger partial charge in [0.1, 0.15) is 19.2 Å². The average molecular weight is 290 g/mol. The van der Waals surface area contributed by atoms with Crippen molar-refractivity contribution in [2.75, 3.05) is 18.4 Å². The van der Waals surface area contributed by atoms with E-state index in [2.05, 4.69) is 5.32 Å². The summed E-state index contributed by atoms with van der Waals surface area (Å²) in [6.07, 6.45) is 0. The molecule has 0 radical (unpaired) electrons. The Morgan fingerprint density at radius 3 is 2.57 bits per heavy atom. The number of nitrogens with two attached hydrogens (primary N) is 1. The summed E-state index contributed by atoms with van der Waals surface area (Å²) < 4.78 is 0. The Morgan fingerprint density at radius 2 is 2.05 bits per heavy atom. The predicted octanol–water partition coefficient (Wildman–Crippen LogP) is 0.271. The van der Waals surface area contributed by atoms with E-state index in [9.17, 15) is 14.4 Å². The summed E-state index contributed by atoms with van der Waals surface area (Å²) in [7, 11) is 0. The fourth-order valence-electron chi connectivity index (χ4n) is 1.67. The number of carboxylic acids is 1. The molecule has 110 valence electrons. The standard InChI is InChI=1S/C13H14N4O4/c1-8-3-2-4-10(9(8)5-14)16-13(21)17(6-11(15)18)7-12(19)20/h2-4H,6-7H2,1H3,(H2,15,18)(H,16,21)(H,19,20). The third-order valence-corrected chi connectivity index (χ3v) is 2.59. The summed E-state index contributed by atoms with van der Waals surface area (Å²) >= 11 is 0. The van der Waals surface area contributed by atoms with Gasteiger partial charge in [-0.2, -0.15) is 5.26 Å². The number of nitrogens with one attached hydrogen (secondary N) is 1. The fraction of sp³-hybridized carbons (Fsp3) is 0.231. The van der Waals surface area contributed by atoms with E-state index in [1.54, 1.807) is 19.1 Å². The van der Waals surface area contributed by atoms with Crippen LogP contribution in [0.4, 0.5) is 10.5 Å². The zero-order valence-electron chi connectivity index (χ0n) is 11.3. The molecule has 0 heterocycles. The molecule has 4 N–H and O–H groups in total. The number of nitriles is 1. The zero-order chi connectivity index (χ0) is 16.0. The van der Waals surface area contributed by atoms with Crippen molar-refractivity contribution in [1.29, 1.82) is 5.26 Å². The number of nitrogens with zero attached hydrogens (tertiary/aromatic N) is 2. The number of aliphatic carboxylic acids is 1. The Bertz CT molecular complexity index is 605. The van der Waals surface area contributed by atoms with Crippen LogP contribution in [0.5, 0.6) is 0 Å². The molecule has 0 aliphatic rings. The molecule has 0 aromatic heterocycles. The molecule has 1 aromatic carbocycles. The molecule has 3 amide bonds. The van der Waals surface area contributed by atoms with Gasteiger partial charge in [-0.25, -0.2) is 4.79 Å². The summed E-state index contributed by atoms with van der Waals surface area (Å²) in [5.41, 5.74) is 6.14. The molecule has 0 aliphatic heterocycles. The number of benzene rings is 1. The lowest BCUT2D eigenvalue weighted by atomic mass is 10.1. The monoisotopic (exact) mass is 290 g/mol. The minimum Gasteiger partial charge on any atom is -0.480 e. The number of carbonyl (C=O) groups is 3. The summed E-state index contributed by atoms with van der Waals surface area (Å²) in [6.45, 7) is 0.487. The molecule has 0 fully saturated rings. The Balaban J connectivity index is 2.96. The first-order valence-electron chi connectivity index (χ1n) is 5.91. The molecule has 0 bridgehead atoms. The number of rotatable bonds is 5. The number of urea groups is 1. The van der Waals surface area contributed by atoms with Gasteiger partial charge in [0, 0.05) is 0 Å². The van der Waals surface area contributed by atoms with Crippen molar-refractivity contribution in [3.63, 3.8) is 0 Å². The maximum atomic E-state index is 12.0. The molecule has 0 atom stereocenters. The summed E-state index contributed by atoms with van der Waals surface area (Å²) in [4.78, 5) is 34.3. The molecule has 0 aliphatic carbocycles. The van der Waals surface area contributed by atoms with Gasteiger partial charge in [0.05, 0.1) is 11.3 Å². The molecule has 0 unspecified atom stereocenters. The molecular formula is C13H14N4O4. The second-order valence-corrected chi connectivity index (χ2v) is 4.26. The number of aryl methyl sites for hydroxylation is 1. The van der Waals surface area contributed by atoms with Crippen molar-refractivity contribution in [1.82, 2.24) is 4.90 Å².